The number of hydrogen-bond donors (Lipinski definition) is 1. The molecule has 1 saturated heterocycles. The number of benzene rings is 1. The molecule has 6 heteroatoms. The van der Waals surface area contributed by atoms with Gasteiger partial charge in [-0.2, -0.15) is 5.26 Å². The summed E-state index contributed by atoms with van der Waals surface area (Å²) in [7, 11) is 0. The van der Waals surface area contributed by atoms with E-state index < -0.39 is 0 Å². The molecule has 0 bridgehead atoms. The van der Waals surface area contributed by atoms with Gasteiger partial charge in [-0.05, 0) is 44.2 Å². The minimum absolute atomic E-state index is 0.169. The summed E-state index contributed by atoms with van der Waals surface area (Å²) in [4.78, 5) is 4.47. The van der Waals surface area contributed by atoms with Gasteiger partial charge in [-0.3, -0.25) is 0 Å². The van der Waals surface area contributed by atoms with Gasteiger partial charge in [0.1, 0.15) is 23.4 Å². The first-order chi connectivity index (χ1) is 11.5. The third kappa shape index (κ3) is 2.90. The maximum atomic E-state index is 13.1. The molecule has 126 valence electrons. The molecule has 2 heterocycles. The van der Waals surface area contributed by atoms with Crippen LogP contribution in [0.1, 0.15) is 25.6 Å². The lowest BCUT2D eigenvalue weighted by molar-refractivity contribution is 0.568. The molecular formula is C18H22FN5. The first-order valence-electron chi connectivity index (χ1n) is 8.17. The van der Waals surface area contributed by atoms with Crippen molar-refractivity contribution in [2.75, 3.05) is 41.7 Å². The molecule has 0 saturated carbocycles. The van der Waals surface area contributed by atoms with Gasteiger partial charge >= 0.3 is 0 Å². The van der Waals surface area contributed by atoms with E-state index in [0.717, 1.165) is 37.7 Å². The van der Waals surface area contributed by atoms with Crippen molar-refractivity contribution in [1.29, 1.82) is 5.26 Å². The van der Waals surface area contributed by atoms with Crippen LogP contribution in [0.25, 0.3) is 0 Å². The molecule has 2 aromatic rings. The Morgan fingerprint density at radius 2 is 1.67 bits per heavy atom. The highest BCUT2D eigenvalue weighted by Crippen LogP contribution is 2.32. The van der Waals surface area contributed by atoms with E-state index in [1.165, 1.54) is 12.1 Å². The summed E-state index contributed by atoms with van der Waals surface area (Å²) in [6.07, 6.45) is 0. The Balaban J connectivity index is 1.79. The fourth-order valence-corrected chi connectivity index (χ4v) is 3.31. The lowest BCUT2D eigenvalue weighted by atomic mass is 10.2. The molecule has 0 amide bonds. The van der Waals surface area contributed by atoms with Crippen LogP contribution in [0.3, 0.4) is 0 Å². The van der Waals surface area contributed by atoms with Gasteiger partial charge < -0.3 is 20.1 Å². The van der Waals surface area contributed by atoms with Crippen LogP contribution in [0, 0.1) is 17.1 Å². The molecule has 1 aromatic carbocycles. The second-order valence-electron chi connectivity index (χ2n) is 6.33. The summed E-state index contributed by atoms with van der Waals surface area (Å²) in [5.41, 5.74) is 8.45. The predicted molar refractivity (Wildman–Crippen MR) is 94.8 cm³/mol. The molecule has 24 heavy (non-hydrogen) atoms. The van der Waals surface area contributed by atoms with Crippen LogP contribution < -0.4 is 15.5 Å². The van der Waals surface area contributed by atoms with Crippen LogP contribution in [0.2, 0.25) is 0 Å². The molecule has 1 aromatic heterocycles. The van der Waals surface area contributed by atoms with Crippen molar-refractivity contribution in [3.8, 4) is 6.07 Å². The standard InChI is InChI=1S/C18H22FN5/c1-13(2)24-16(12-20)11-17(21)18(24)23-9-7-22(8-10-23)15-5-3-14(19)4-6-15/h3-6,11,13H,7-10,21H2,1-2H3. The molecule has 5 nitrogen and oxygen atoms in total. The zero-order valence-electron chi connectivity index (χ0n) is 14.0. The molecule has 1 aliphatic rings. The summed E-state index contributed by atoms with van der Waals surface area (Å²) in [6, 6.07) is 10.7. The number of rotatable bonds is 3. The second kappa shape index (κ2) is 6.44. The molecule has 3 rings (SSSR count). The van der Waals surface area contributed by atoms with Crippen molar-refractivity contribution in [2.45, 2.75) is 19.9 Å². The van der Waals surface area contributed by atoms with Gasteiger partial charge in [-0.1, -0.05) is 0 Å². The maximum Gasteiger partial charge on any atom is 0.133 e. The van der Waals surface area contributed by atoms with Crippen LogP contribution in [-0.2, 0) is 0 Å². The zero-order valence-corrected chi connectivity index (χ0v) is 14.0. The molecule has 0 unspecified atom stereocenters. The van der Waals surface area contributed by atoms with E-state index >= 15 is 0 Å². The van der Waals surface area contributed by atoms with E-state index in [-0.39, 0.29) is 11.9 Å². The molecule has 1 aliphatic heterocycles. The summed E-state index contributed by atoms with van der Waals surface area (Å²) >= 11 is 0. The molecule has 2 N–H and O–H groups in total. The lowest BCUT2D eigenvalue weighted by Crippen LogP contribution is -2.47. The Hall–Kier alpha value is -2.68. The van der Waals surface area contributed by atoms with Gasteiger partial charge in [-0.15, -0.1) is 0 Å². The number of nitriles is 1. The fourth-order valence-electron chi connectivity index (χ4n) is 3.31. The Labute approximate surface area is 141 Å². The minimum Gasteiger partial charge on any atom is -0.396 e. The fraction of sp³-hybridized carbons (Fsp3) is 0.389. The normalized spacial score (nSPS) is 15.0. The third-order valence-corrected chi connectivity index (χ3v) is 4.44. The SMILES string of the molecule is CC(C)n1c(C#N)cc(N)c1N1CCN(c2ccc(F)cc2)CC1. The molecule has 0 radical (unpaired) electrons. The Bertz CT molecular complexity index is 749. The van der Waals surface area contributed by atoms with E-state index in [1.807, 2.05) is 16.7 Å². The van der Waals surface area contributed by atoms with E-state index in [1.54, 1.807) is 6.07 Å². The molecular weight excluding hydrogens is 305 g/mol. The third-order valence-electron chi connectivity index (χ3n) is 4.44. The van der Waals surface area contributed by atoms with Crippen molar-refractivity contribution < 1.29 is 4.39 Å². The maximum absolute atomic E-state index is 13.1. The zero-order chi connectivity index (χ0) is 17.3. The highest BCUT2D eigenvalue weighted by molar-refractivity contribution is 5.68. The number of nitrogens with zero attached hydrogens (tertiary/aromatic N) is 4. The quantitative estimate of drug-likeness (QED) is 0.941. The van der Waals surface area contributed by atoms with E-state index in [9.17, 15) is 9.65 Å². The lowest BCUT2D eigenvalue weighted by Gasteiger charge is -2.38. The van der Waals surface area contributed by atoms with Crippen LogP contribution in [0.5, 0.6) is 0 Å². The molecule has 1 fully saturated rings. The number of aromatic nitrogens is 1. The van der Waals surface area contributed by atoms with Crippen LogP contribution in [0.15, 0.2) is 30.3 Å². The first-order valence-corrected chi connectivity index (χ1v) is 8.17. The van der Waals surface area contributed by atoms with E-state index in [2.05, 4.69) is 29.7 Å². The Morgan fingerprint density at radius 1 is 1.08 bits per heavy atom. The van der Waals surface area contributed by atoms with Crippen LogP contribution in [0.4, 0.5) is 21.6 Å². The van der Waals surface area contributed by atoms with E-state index in [0.29, 0.717) is 11.4 Å². The van der Waals surface area contributed by atoms with Crippen molar-refractivity contribution >= 4 is 17.2 Å². The smallest absolute Gasteiger partial charge is 0.133 e. The number of halogens is 1. The Kier molecular flexibility index (Phi) is 4.34. The van der Waals surface area contributed by atoms with Crippen molar-refractivity contribution in [3.05, 3.63) is 41.8 Å². The van der Waals surface area contributed by atoms with E-state index in [4.69, 9.17) is 5.73 Å². The van der Waals surface area contributed by atoms with Gasteiger partial charge in [0.2, 0.25) is 0 Å². The number of anilines is 3. The highest BCUT2D eigenvalue weighted by atomic mass is 19.1. The van der Waals surface area contributed by atoms with Gasteiger partial charge in [0.25, 0.3) is 0 Å². The predicted octanol–water partition coefficient (Wildman–Crippen LogP) is 2.99. The van der Waals surface area contributed by atoms with Crippen molar-refractivity contribution in [3.63, 3.8) is 0 Å². The van der Waals surface area contributed by atoms with Crippen molar-refractivity contribution in [2.24, 2.45) is 0 Å². The van der Waals surface area contributed by atoms with Gasteiger partial charge in [-0.25, -0.2) is 4.39 Å². The van der Waals surface area contributed by atoms with Crippen LogP contribution in [-0.4, -0.2) is 30.7 Å². The summed E-state index contributed by atoms with van der Waals surface area (Å²) in [6.45, 7) is 7.38. The van der Waals surface area contributed by atoms with Gasteiger partial charge in [0.05, 0.1) is 5.69 Å². The van der Waals surface area contributed by atoms with Crippen molar-refractivity contribution in [1.82, 2.24) is 4.57 Å². The summed E-state index contributed by atoms with van der Waals surface area (Å²) in [5, 5.41) is 9.33. The number of hydrogen-bond acceptors (Lipinski definition) is 4. The summed E-state index contributed by atoms with van der Waals surface area (Å²) < 4.78 is 15.1. The molecule has 0 aliphatic carbocycles. The van der Waals surface area contributed by atoms with Crippen LogP contribution >= 0.6 is 0 Å². The monoisotopic (exact) mass is 327 g/mol. The Morgan fingerprint density at radius 3 is 2.21 bits per heavy atom. The molecule has 0 spiro atoms. The average molecular weight is 327 g/mol. The topological polar surface area (TPSA) is 61.2 Å². The minimum atomic E-state index is -0.219. The highest BCUT2D eigenvalue weighted by Gasteiger charge is 2.24. The first kappa shape index (κ1) is 16.2. The number of nitrogen functional groups attached to an aromatic ring is 1. The number of nitrogens with two attached hydrogens (primary N) is 1. The summed E-state index contributed by atoms with van der Waals surface area (Å²) in [5.74, 6) is 0.712. The molecule has 0 atom stereocenters. The second-order valence-corrected chi connectivity index (χ2v) is 6.33. The number of piperazine rings is 1. The average Bonchev–Trinajstić information content (AvgIpc) is 2.92. The van der Waals surface area contributed by atoms with Gasteiger partial charge in [0.15, 0.2) is 0 Å². The van der Waals surface area contributed by atoms with Gasteiger partial charge in [0, 0.05) is 37.9 Å². The largest absolute Gasteiger partial charge is 0.396 e.